The summed E-state index contributed by atoms with van der Waals surface area (Å²) in [6, 6.07) is 5.96. The Kier molecular flexibility index (Phi) is 12.5. The standard InChI is InChI=1S/C24H37O13P3/c1-5-33-22(25)17-18-9-11-19(12-10-18)20-13-15-21(16-14-20)37-23(26)24(38(27,28)34-6-2,39(29,30)35-7-3)40(31,32)36-8-4/h13-17,19H,5-12H2,1-4H3,(H,27,28)(H,29,30)(H,31,32). The van der Waals surface area contributed by atoms with Crippen molar-refractivity contribution >= 4 is 34.7 Å². The fraction of sp³-hybridized carbons (Fsp3) is 0.583. The van der Waals surface area contributed by atoms with Gasteiger partial charge in [-0.05, 0) is 77.0 Å². The molecule has 0 saturated heterocycles. The first-order valence-corrected chi connectivity index (χ1v) is 17.6. The first-order chi connectivity index (χ1) is 18.7. The molecule has 0 bridgehead atoms. The molecule has 2 rings (SSSR count). The molecule has 3 N–H and O–H groups in total. The normalized spacial score (nSPS) is 21.7. The number of allylic oxidation sites excluding steroid dienone is 1. The number of ether oxygens (including phenoxy) is 2. The molecule has 226 valence electrons. The van der Waals surface area contributed by atoms with Gasteiger partial charge in [0.2, 0.25) is 0 Å². The van der Waals surface area contributed by atoms with Gasteiger partial charge in [-0.25, -0.2) is 9.59 Å². The smallest absolute Gasteiger partial charge is 0.370 e. The van der Waals surface area contributed by atoms with Crippen LogP contribution in [0.25, 0.3) is 0 Å². The maximum Gasteiger partial charge on any atom is 0.370 e. The minimum atomic E-state index is -5.77. The summed E-state index contributed by atoms with van der Waals surface area (Å²) in [7, 11) is -17.3. The van der Waals surface area contributed by atoms with Crippen molar-refractivity contribution in [3.63, 3.8) is 0 Å². The molecule has 16 heteroatoms. The molecule has 1 fully saturated rings. The summed E-state index contributed by atoms with van der Waals surface area (Å²) in [5.74, 6) is -2.47. The van der Waals surface area contributed by atoms with E-state index in [1.165, 1.54) is 39.0 Å². The lowest BCUT2D eigenvalue weighted by Crippen LogP contribution is -2.43. The van der Waals surface area contributed by atoms with Crippen LogP contribution in [0.15, 0.2) is 35.9 Å². The number of carbonyl (C=O) groups is 2. The highest BCUT2D eigenvalue weighted by Crippen LogP contribution is 2.87. The van der Waals surface area contributed by atoms with Gasteiger partial charge in [0.15, 0.2) is 0 Å². The fourth-order valence-corrected chi connectivity index (χ4v) is 11.7. The molecule has 1 aliphatic rings. The fourth-order valence-electron chi connectivity index (χ4n) is 4.42. The van der Waals surface area contributed by atoms with E-state index < -0.39 is 53.2 Å². The molecule has 0 spiro atoms. The summed E-state index contributed by atoms with van der Waals surface area (Å²) in [6.07, 6.45) is 4.40. The zero-order valence-electron chi connectivity index (χ0n) is 22.9. The Morgan fingerprint density at radius 2 is 1.27 bits per heavy atom. The molecule has 13 nitrogen and oxygen atoms in total. The van der Waals surface area contributed by atoms with Crippen molar-refractivity contribution in [1.29, 1.82) is 0 Å². The maximum atomic E-state index is 13.5. The average molecular weight is 626 g/mol. The molecular weight excluding hydrogens is 589 g/mol. The van der Waals surface area contributed by atoms with E-state index in [9.17, 15) is 38.0 Å². The maximum absolute atomic E-state index is 13.5. The van der Waals surface area contributed by atoms with Gasteiger partial charge in [-0.2, -0.15) is 0 Å². The number of esters is 2. The van der Waals surface area contributed by atoms with Crippen LogP contribution in [0.4, 0.5) is 0 Å². The topological polar surface area (TPSA) is 192 Å². The van der Waals surface area contributed by atoms with E-state index in [2.05, 4.69) is 0 Å². The van der Waals surface area contributed by atoms with Crippen molar-refractivity contribution in [2.24, 2.45) is 0 Å². The van der Waals surface area contributed by atoms with Gasteiger partial charge in [-0.15, -0.1) is 0 Å². The third-order valence-electron chi connectivity index (χ3n) is 6.17. The van der Waals surface area contributed by atoms with Crippen LogP contribution < -0.4 is 4.74 Å². The largest absolute Gasteiger partial charge is 0.463 e. The molecule has 1 aromatic rings. The van der Waals surface area contributed by atoms with Gasteiger partial charge >= 0.3 is 39.4 Å². The lowest BCUT2D eigenvalue weighted by atomic mass is 9.81. The number of carbonyl (C=O) groups excluding carboxylic acids is 2. The number of hydrogen-bond donors (Lipinski definition) is 3. The second kappa shape index (κ2) is 14.5. The minimum absolute atomic E-state index is 0.130. The van der Waals surface area contributed by atoms with E-state index >= 15 is 0 Å². The highest BCUT2D eigenvalue weighted by Gasteiger charge is 2.81. The zero-order valence-corrected chi connectivity index (χ0v) is 25.6. The van der Waals surface area contributed by atoms with E-state index in [-0.39, 0.29) is 17.6 Å². The molecule has 1 aliphatic carbocycles. The van der Waals surface area contributed by atoms with E-state index in [0.717, 1.165) is 24.0 Å². The Hall–Kier alpha value is -1.65. The third kappa shape index (κ3) is 7.40. The SMILES string of the molecule is CCOC(=O)C=C1CCC(c2ccc(OC(=O)C(P(=O)(O)OCC)(P(=O)(O)OCC)P(=O)(O)OCC)cc2)CC1. The molecule has 3 atom stereocenters. The van der Waals surface area contributed by atoms with E-state index in [1.807, 2.05) is 0 Å². The van der Waals surface area contributed by atoms with Crippen LogP contribution in [0.1, 0.15) is 64.9 Å². The van der Waals surface area contributed by atoms with Gasteiger partial charge in [0.05, 0.1) is 26.4 Å². The molecule has 0 amide bonds. The Labute approximate surface area is 233 Å². The summed E-state index contributed by atoms with van der Waals surface area (Å²) in [4.78, 5) is 57.2. The predicted molar refractivity (Wildman–Crippen MR) is 145 cm³/mol. The molecule has 0 radical (unpaired) electrons. The molecule has 40 heavy (non-hydrogen) atoms. The van der Waals surface area contributed by atoms with Crippen LogP contribution >= 0.6 is 22.8 Å². The van der Waals surface area contributed by atoms with E-state index in [0.29, 0.717) is 19.4 Å². The van der Waals surface area contributed by atoms with Crippen molar-refractivity contribution in [3.05, 3.63) is 41.5 Å². The second-order valence-electron chi connectivity index (χ2n) is 8.74. The van der Waals surface area contributed by atoms with E-state index in [4.69, 9.17) is 23.0 Å². The predicted octanol–water partition coefficient (Wildman–Crippen LogP) is 5.06. The Bertz CT molecular complexity index is 1140. The lowest BCUT2D eigenvalue weighted by Gasteiger charge is -2.37. The number of rotatable bonds is 14. The zero-order chi connectivity index (χ0) is 30.2. The number of benzene rings is 1. The summed E-state index contributed by atoms with van der Waals surface area (Å²) >= 11 is 0. The van der Waals surface area contributed by atoms with Crippen molar-refractivity contribution in [2.75, 3.05) is 26.4 Å². The van der Waals surface area contributed by atoms with Crippen molar-refractivity contribution in [1.82, 2.24) is 0 Å². The van der Waals surface area contributed by atoms with Gasteiger partial charge < -0.3 is 37.7 Å². The van der Waals surface area contributed by atoms with Crippen molar-refractivity contribution in [2.45, 2.75) is 63.9 Å². The van der Waals surface area contributed by atoms with Gasteiger partial charge in [-0.1, -0.05) is 17.7 Å². The van der Waals surface area contributed by atoms with Crippen molar-refractivity contribution < 1.29 is 61.0 Å². The minimum Gasteiger partial charge on any atom is -0.463 e. The van der Waals surface area contributed by atoms with Crippen LogP contribution in [-0.2, 0) is 41.6 Å². The van der Waals surface area contributed by atoms with Crippen LogP contribution in [0.2, 0.25) is 0 Å². The molecule has 0 aliphatic heterocycles. The Balaban J connectivity index is 2.39. The van der Waals surface area contributed by atoms with Gasteiger partial charge in [0, 0.05) is 6.08 Å². The van der Waals surface area contributed by atoms with E-state index in [1.54, 1.807) is 19.1 Å². The summed E-state index contributed by atoms with van der Waals surface area (Å²) in [6.45, 7) is 4.07. The summed E-state index contributed by atoms with van der Waals surface area (Å²) in [5, 5.41) is 0. The molecule has 3 unspecified atom stereocenters. The molecule has 1 saturated carbocycles. The average Bonchev–Trinajstić information content (AvgIpc) is 2.84. The van der Waals surface area contributed by atoms with Crippen LogP contribution in [0.5, 0.6) is 5.75 Å². The second-order valence-corrected chi connectivity index (χ2v) is 15.7. The van der Waals surface area contributed by atoms with Gasteiger partial charge in [-0.3, -0.25) is 13.7 Å². The molecular formula is C24H37O13P3. The summed E-state index contributed by atoms with van der Waals surface area (Å²) < 4.78 is 60.1. The molecule has 1 aromatic carbocycles. The molecule has 0 heterocycles. The highest BCUT2D eigenvalue weighted by molar-refractivity contribution is 7.91. The Morgan fingerprint density at radius 3 is 1.68 bits per heavy atom. The van der Waals surface area contributed by atoms with Gasteiger partial charge in [0.25, 0.3) is 0 Å². The highest BCUT2D eigenvalue weighted by atomic mass is 31.3. The third-order valence-corrected chi connectivity index (χ3v) is 15.5. The molecule has 0 aromatic heterocycles. The van der Waals surface area contributed by atoms with Crippen LogP contribution in [-0.4, -0.2) is 57.7 Å². The number of hydrogen-bond acceptors (Lipinski definition) is 10. The Morgan fingerprint density at radius 1 is 0.825 bits per heavy atom. The van der Waals surface area contributed by atoms with Crippen LogP contribution in [0, 0.1) is 0 Å². The quantitative estimate of drug-likeness (QED) is 0.108. The van der Waals surface area contributed by atoms with Crippen molar-refractivity contribution in [3.8, 4) is 5.75 Å². The first kappa shape index (κ1) is 34.6. The monoisotopic (exact) mass is 626 g/mol. The van der Waals surface area contributed by atoms with Gasteiger partial charge in [0.1, 0.15) is 5.75 Å². The van der Waals surface area contributed by atoms with Crippen LogP contribution in [0.3, 0.4) is 0 Å². The first-order valence-electron chi connectivity index (χ1n) is 12.8. The lowest BCUT2D eigenvalue weighted by molar-refractivity contribution is -0.137. The summed E-state index contributed by atoms with van der Waals surface area (Å²) in [5.41, 5.74) is 1.87.